The minimum absolute atomic E-state index is 0.271. The lowest BCUT2D eigenvalue weighted by Gasteiger charge is -2.26. The zero-order chi connectivity index (χ0) is 12.8. The number of hydrogen-bond acceptors (Lipinski definition) is 3. The second-order valence-corrected chi connectivity index (χ2v) is 6.22. The first-order valence-electron chi connectivity index (χ1n) is 5.78. The standard InChI is InChI=1S/C10H25N3O2S/c1-5-10(11,6-2)8-13-16(14,15)12-7-9(3)4/h9,12-13H,5-8,11H2,1-4H3. The van der Waals surface area contributed by atoms with E-state index < -0.39 is 15.7 Å². The Morgan fingerprint density at radius 1 is 1.19 bits per heavy atom. The molecule has 0 aromatic heterocycles. The van der Waals surface area contributed by atoms with Gasteiger partial charge >= 0.3 is 0 Å². The van der Waals surface area contributed by atoms with Crippen molar-refractivity contribution in [2.75, 3.05) is 13.1 Å². The predicted octanol–water partition coefficient (Wildman–Crippen LogP) is 0.584. The van der Waals surface area contributed by atoms with Gasteiger partial charge in [-0.25, -0.2) is 9.44 Å². The molecular formula is C10H25N3O2S. The van der Waals surface area contributed by atoms with Crippen molar-refractivity contribution in [2.24, 2.45) is 11.7 Å². The van der Waals surface area contributed by atoms with Crippen LogP contribution >= 0.6 is 0 Å². The maximum atomic E-state index is 11.5. The van der Waals surface area contributed by atoms with Gasteiger partial charge in [0, 0.05) is 18.6 Å². The molecule has 0 saturated carbocycles. The highest BCUT2D eigenvalue weighted by Gasteiger charge is 2.22. The van der Waals surface area contributed by atoms with Crippen LogP contribution in [0.15, 0.2) is 0 Å². The Bertz CT molecular complexity index is 284. The van der Waals surface area contributed by atoms with Gasteiger partial charge in [0.15, 0.2) is 0 Å². The van der Waals surface area contributed by atoms with Crippen LogP contribution in [0.2, 0.25) is 0 Å². The quantitative estimate of drug-likeness (QED) is 0.590. The Kier molecular flexibility index (Phi) is 6.47. The van der Waals surface area contributed by atoms with Crippen LogP contribution in [-0.2, 0) is 10.2 Å². The highest BCUT2D eigenvalue weighted by Crippen LogP contribution is 2.09. The lowest BCUT2D eigenvalue weighted by Crippen LogP contribution is -2.51. The summed E-state index contributed by atoms with van der Waals surface area (Å²) in [5, 5.41) is 0. The smallest absolute Gasteiger partial charge is 0.276 e. The number of nitrogens with one attached hydrogen (secondary N) is 2. The highest BCUT2D eigenvalue weighted by atomic mass is 32.2. The Morgan fingerprint density at radius 2 is 1.69 bits per heavy atom. The van der Waals surface area contributed by atoms with Crippen molar-refractivity contribution >= 4 is 10.2 Å². The molecule has 0 spiro atoms. The molecule has 0 aliphatic carbocycles. The van der Waals surface area contributed by atoms with Gasteiger partial charge in [0.1, 0.15) is 0 Å². The van der Waals surface area contributed by atoms with Gasteiger partial charge in [-0.05, 0) is 18.8 Å². The highest BCUT2D eigenvalue weighted by molar-refractivity contribution is 7.87. The van der Waals surface area contributed by atoms with Crippen molar-refractivity contribution < 1.29 is 8.42 Å². The summed E-state index contributed by atoms with van der Waals surface area (Å²) in [4.78, 5) is 0. The SMILES string of the molecule is CCC(N)(CC)CNS(=O)(=O)NCC(C)C. The first-order chi connectivity index (χ1) is 7.24. The van der Waals surface area contributed by atoms with Gasteiger partial charge in [0.25, 0.3) is 10.2 Å². The molecule has 0 radical (unpaired) electrons. The van der Waals surface area contributed by atoms with Crippen molar-refractivity contribution in [3.05, 3.63) is 0 Å². The second kappa shape index (κ2) is 6.54. The van der Waals surface area contributed by atoms with Crippen LogP contribution in [0.4, 0.5) is 0 Å². The number of hydrogen-bond donors (Lipinski definition) is 3. The van der Waals surface area contributed by atoms with Crippen molar-refractivity contribution in [1.29, 1.82) is 0 Å². The zero-order valence-corrected chi connectivity index (χ0v) is 11.5. The van der Waals surface area contributed by atoms with Gasteiger partial charge < -0.3 is 5.73 Å². The van der Waals surface area contributed by atoms with Gasteiger partial charge in [-0.3, -0.25) is 0 Å². The third-order valence-corrected chi connectivity index (χ3v) is 3.78. The molecule has 0 fully saturated rings. The predicted molar refractivity (Wildman–Crippen MR) is 67.3 cm³/mol. The maximum absolute atomic E-state index is 11.5. The average molecular weight is 251 g/mol. The van der Waals surface area contributed by atoms with Crippen LogP contribution in [0.1, 0.15) is 40.5 Å². The van der Waals surface area contributed by atoms with Crippen molar-refractivity contribution in [2.45, 2.75) is 46.1 Å². The van der Waals surface area contributed by atoms with Crippen LogP contribution in [-0.4, -0.2) is 27.0 Å². The Morgan fingerprint density at radius 3 is 2.06 bits per heavy atom. The third kappa shape index (κ3) is 6.42. The van der Waals surface area contributed by atoms with Crippen molar-refractivity contribution in [3.63, 3.8) is 0 Å². The van der Waals surface area contributed by atoms with Gasteiger partial charge in [-0.15, -0.1) is 0 Å². The zero-order valence-electron chi connectivity index (χ0n) is 10.7. The Balaban J connectivity index is 4.18. The Labute approximate surface area is 99.4 Å². The monoisotopic (exact) mass is 251 g/mol. The van der Waals surface area contributed by atoms with Crippen molar-refractivity contribution in [3.8, 4) is 0 Å². The van der Waals surface area contributed by atoms with Gasteiger partial charge in [-0.1, -0.05) is 27.7 Å². The molecule has 4 N–H and O–H groups in total. The van der Waals surface area contributed by atoms with Gasteiger partial charge in [-0.2, -0.15) is 8.42 Å². The molecule has 5 nitrogen and oxygen atoms in total. The largest absolute Gasteiger partial charge is 0.324 e. The minimum Gasteiger partial charge on any atom is -0.324 e. The summed E-state index contributed by atoms with van der Waals surface area (Å²) in [6, 6.07) is 0. The normalized spacial score (nSPS) is 13.4. The molecule has 0 heterocycles. The molecule has 0 atom stereocenters. The fraction of sp³-hybridized carbons (Fsp3) is 1.00. The fourth-order valence-corrected chi connectivity index (χ4v) is 2.20. The average Bonchev–Trinajstić information content (AvgIpc) is 2.24. The maximum Gasteiger partial charge on any atom is 0.276 e. The minimum atomic E-state index is -3.41. The summed E-state index contributed by atoms with van der Waals surface area (Å²) in [5.41, 5.74) is 5.55. The van der Waals surface area contributed by atoms with Gasteiger partial charge in [0.05, 0.1) is 0 Å². The molecule has 0 unspecified atom stereocenters. The topological polar surface area (TPSA) is 84.2 Å². The molecule has 0 amide bonds. The lowest BCUT2D eigenvalue weighted by atomic mass is 9.95. The van der Waals surface area contributed by atoms with E-state index in [2.05, 4.69) is 9.44 Å². The fourth-order valence-electron chi connectivity index (χ4n) is 1.07. The lowest BCUT2D eigenvalue weighted by molar-refractivity contribution is 0.390. The van der Waals surface area contributed by atoms with Crippen molar-refractivity contribution in [1.82, 2.24) is 9.44 Å². The summed E-state index contributed by atoms with van der Waals surface area (Å²) in [6.45, 7) is 8.53. The van der Waals surface area contributed by atoms with E-state index in [1.807, 2.05) is 27.7 Å². The van der Waals surface area contributed by atoms with Gasteiger partial charge in [0.2, 0.25) is 0 Å². The van der Waals surface area contributed by atoms with E-state index >= 15 is 0 Å². The van der Waals surface area contributed by atoms with E-state index in [4.69, 9.17) is 5.73 Å². The third-order valence-electron chi connectivity index (χ3n) is 2.70. The van der Waals surface area contributed by atoms with E-state index in [0.29, 0.717) is 6.54 Å². The van der Waals surface area contributed by atoms with Crippen LogP contribution in [0.3, 0.4) is 0 Å². The molecule has 0 rings (SSSR count). The van der Waals surface area contributed by atoms with Crippen LogP contribution < -0.4 is 15.2 Å². The van der Waals surface area contributed by atoms with E-state index in [1.165, 1.54) is 0 Å². The molecule has 0 aromatic carbocycles. The van der Waals surface area contributed by atoms with E-state index in [-0.39, 0.29) is 12.5 Å². The summed E-state index contributed by atoms with van der Waals surface area (Å²) in [5.74, 6) is 0.288. The summed E-state index contributed by atoms with van der Waals surface area (Å²) in [6.07, 6.45) is 1.49. The van der Waals surface area contributed by atoms with Crippen LogP contribution in [0.25, 0.3) is 0 Å². The molecule has 6 heteroatoms. The van der Waals surface area contributed by atoms with E-state index in [1.54, 1.807) is 0 Å². The van der Waals surface area contributed by atoms with E-state index in [9.17, 15) is 8.42 Å². The molecule has 0 aliphatic rings. The van der Waals surface area contributed by atoms with Crippen LogP contribution in [0, 0.1) is 5.92 Å². The first kappa shape index (κ1) is 15.8. The molecule has 0 aliphatic heterocycles. The molecule has 0 aromatic rings. The second-order valence-electron chi connectivity index (χ2n) is 4.64. The molecule has 16 heavy (non-hydrogen) atoms. The summed E-state index contributed by atoms with van der Waals surface area (Å²) < 4.78 is 28.0. The number of nitrogens with two attached hydrogens (primary N) is 1. The van der Waals surface area contributed by atoms with Crippen LogP contribution in [0.5, 0.6) is 0 Å². The molecule has 98 valence electrons. The molecule has 0 saturated heterocycles. The summed E-state index contributed by atoms with van der Waals surface area (Å²) >= 11 is 0. The number of rotatable bonds is 8. The van der Waals surface area contributed by atoms with E-state index in [0.717, 1.165) is 12.8 Å². The summed E-state index contributed by atoms with van der Waals surface area (Å²) in [7, 11) is -3.41. The Hall–Kier alpha value is -0.170. The molecular weight excluding hydrogens is 226 g/mol. The first-order valence-corrected chi connectivity index (χ1v) is 7.26. The molecule has 0 bridgehead atoms.